The molecule has 0 aromatic heterocycles. The number of amides is 2. The van der Waals surface area contributed by atoms with Gasteiger partial charge in [0.05, 0.1) is 11.0 Å². The first-order chi connectivity index (χ1) is 10.9. The lowest BCUT2D eigenvalue weighted by Gasteiger charge is -2.14. The topological polar surface area (TPSA) is 63.7 Å². The highest BCUT2D eigenvalue weighted by atomic mass is 32.2. The third-order valence-electron chi connectivity index (χ3n) is 3.24. The van der Waals surface area contributed by atoms with E-state index in [1.54, 1.807) is 6.92 Å². The minimum absolute atomic E-state index is 0.193. The standard InChI is InChI=1S/C16H16FNO4S/c1-3-10(2)22-14(19)9-18-15(20)13(23-16(18)21)8-11-4-6-12(17)7-5-11/h4-8,10H,3,9H2,1-2H3/b13-8+/t10-/m1/s1. The van der Waals surface area contributed by atoms with Crippen molar-refractivity contribution in [1.82, 2.24) is 4.90 Å². The molecule has 122 valence electrons. The van der Waals surface area contributed by atoms with Crippen molar-refractivity contribution in [2.45, 2.75) is 26.4 Å². The molecule has 5 nitrogen and oxygen atoms in total. The van der Waals surface area contributed by atoms with E-state index in [0.29, 0.717) is 12.0 Å². The maximum Gasteiger partial charge on any atom is 0.326 e. The second-order valence-corrected chi connectivity index (χ2v) is 6.02. The Labute approximate surface area is 137 Å². The molecule has 2 rings (SSSR count). The van der Waals surface area contributed by atoms with E-state index in [1.807, 2.05) is 6.92 Å². The van der Waals surface area contributed by atoms with Gasteiger partial charge in [-0.1, -0.05) is 19.1 Å². The molecule has 2 amide bonds. The lowest BCUT2D eigenvalue weighted by molar-refractivity contribution is -0.150. The van der Waals surface area contributed by atoms with E-state index in [-0.39, 0.29) is 16.8 Å². The van der Waals surface area contributed by atoms with E-state index in [2.05, 4.69) is 0 Å². The molecule has 0 spiro atoms. The molecule has 1 aliphatic heterocycles. The quantitative estimate of drug-likeness (QED) is 0.610. The van der Waals surface area contributed by atoms with Crippen LogP contribution in [0.1, 0.15) is 25.8 Å². The summed E-state index contributed by atoms with van der Waals surface area (Å²) in [4.78, 5) is 36.9. The predicted octanol–water partition coefficient (Wildman–Crippen LogP) is 3.20. The summed E-state index contributed by atoms with van der Waals surface area (Å²) in [6.07, 6.45) is 1.87. The molecule has 7 heteroatoms. The molecular formula is C16H16FNO4S. The van der Waals surface area contributed by atoms with Gasteiger partial charge in [0.1, 0.15) is 12.4 Å². The van der Waals surface area contributed by atoms with Crippen LogP contribution < -0.4 is 0 Å². The second kappa shape index (κ2) is 7.41. The van der Waals surface area contributed by atoms with Gasteiger partial charge in [0.25, 0.3) is 11.1 Å². The fourth-order valence-corrected chi connectivity index (χ4v) is 2.66. The number of thioether (sulfide) groups is 1. The number of hydrogen-bond donors (Lipinski definition) is 0. The highest BCUT2D eigenvalue weighted by molar-refractivity contribution is 8.18. The monoisotopic (exact) mass is 337 g/mol. The Hall–Kier alpha value is -2.15. The molecule has 0 N–H and O–H groups in total. The van der Waals surface area contributed by atoms with Gasteiger partial charge >= 0.3 is 5.97 Å². The zero-order valence-corrected chi connectivity index (χ0v) is 13.6. The molecule has 1 heterocycles. The van der Waals surface area contributed by atoms with Crippen molar-refractivity contribution >= 4 is 35.0 Å². The lowest BCUT2D eigenvalue weighted by atomic mass is 10.2. The van der Waals surface area contributed by atoms with Crippen LogP contribution in [0.25, 0.3) is 6.08 Å². The van der Waals surface area contributed by atoms with E-state index >= 15 is 0 Å². The van der Waals surface area contributed by atoms with Crippen molar-refractivity contribution in [2.75, 3.05) is 6.54 Å². The Balaban J connectivity index is 2.07. The fraction of sp³-hybridized carbons (Fsp3) is 0.312. The Morgan fingerprint density at radius 1 is 1.35 bits per heavy atom. The Kier molecular flexibility index (Phi) is 5.54. The highest BCUT2D eigenvalue weighted by Crippen LogP contribution is 2.32. The molecule has 1 aromatic rings. The molecular weight excluding hydrogens is 321 g/mol. The van der Waals surface area contributed by atoms with E-state index in [9.17, 15) is 18.8 Å². The maximum absolute atomic E-state index is 12.9. The number of imide groups is 1. The number of carbonyl (C=O) groups excluding carboxylic acids is 3. The molecule has 0 aliphatic carbocycles. The molecule has 1 atom stereocenters. The Bertz CT molecular complexity index is 657. The van der Waals surface area contributed by atoms with Crippen molar-refractivity contribution in [3.8, 4) is 0 Å². The molecule has 1 aromatic carbocycles. The molecule has 23 heavy (non-hydrogen) atoms. The van der Waals surface area contributed by atoms with Crippen LogP contribution in [0.3, 0.4) is 0 Å². The minimum Gasteiger partial charge on any atom is -0.461 e. The number of carbonyl (C=O) groups is 3. The van der Waals surface area contributed by atoms with Crippen LogP contribution in [0.5, 0.6) is 0 Å². The maximum atomic E-state index is 12.9. The summed E-state index contributed by atoms with van der Waals surface area (Å²) in [6.45, 7) is 3.19. The number of nitrogens with zero attached hydrogens (tertiary/aromatic N) is 1. The van der Waals surface area contributed by atoms with E-state index < -0.39 is 23.7 Å². The normalized spacial score (nSPS) is 17.7. The Morgan fingerprint density at radius 3 is 2.61 bits per heavy atom. The SMILES string of the molecule is CC[C@@H](C)OC(=O)CN1C(=O)S/C(=C/c2ccc(F)cc2)C1=O. The number of benzene rings is 1. The predicted molar refractivity (Wildman–Crippen MR) is 84.9 cm³/mol. The van der Waals surface area contributed by atoms with Crippen LogP contribution in [0.2, 0.25) is 0 Å². The number of ether oxygens (including phenoxy) is 1. The van der Waals surface area contributed by atoms with E-state index in [1.165, 1.54) is 30.3 Å². The average molecular weight is 337 g/mol. The number of rotatable bonds is 5. The summed E-state index contributed by atoms with van der Waals surface area (Å²) in [7, 11) is 0. The average Bonchev–Trinajstić information content (AvgIpc) is 2.77. The van der Waals surface area contributed by atoms with Crippen LogP contribution in [0.4, 0.5) is 9.18 Å². The first kappa shape index (κ1) is 17.2. The minimum atomic E-state index is -0.621. The van der Waals surface area contributed by atoms with Crippen LogP contribution in [-0.4, -0.2) is 34.7 Å². The summed E-state index contributed by atoms with van der Waals surface area (Å²) in [5.74, 6) is -1.56. The zero-order chi connectivity index (χ0) is 17.0. The van der Waals surface area contributed by atoms with Crippen molar-refractivity contribution in [1.29, 1.82) is 0 Å². The van der Waals surface area contributed by atoms with Crippen molar-refractivity contribution in [3.05, 3.63) is 40.6 Å². The van der Waals surface area contributed by atoms with Crippen LogP contribution >= 0.6 is 11.8 Å². The highest BCUT2D eigenvalue weighted by Gasteiger charge is 2.36. The van der Waals surface area contributed by atoms with Crippen LogP contribution in [-0.2, 0) is 14.3 Å². The fourth-order valence-electron chi connectivity index (χ4n) is 1.82. The van der Waals surface area contributed by atoms with Gasteiger partial charge in [0, 0.05) is 0 Å². The molecule has 1 saturated heterocycles. The van der Waals surface area contributed by atoms with Crippen LogP contribution in [0.15, 0.2) is 29.2 Å². The first-order valence-corrected chi connectivity index (χ1v) is 7.92. The number of halogens is 1. The molecule has 0 unspecified atom stereocenters. The number of esters is 1. The largest absolute Gasteiger partial charge is 0.461 e. The van der Waals surface area contributed by atoms with Gasteiger partial charge in [-0.25, -0.2) is 4.39 Å². The lowest BCUT2D eigenvalue weighted by Crippen LogP contribution is -2.35. The zero-order valence-electron chi connectivity index (χ0n) is 12.7. The summed E-state index contributed by atoms with van der Waals surface area (Å²) < 4.78 is 17.9. The van der Waals surface area contributed by atoms with Crippen LogP contribution in [0, 0.1) is 5.82 Å². The summed E-state index contributed by atoms with van der Waals surface area (Å²) in [5.41, 5.74) is 0.596. The molecule has 0 radical (unpaired) electrons. The first-order valence-electron chi connectivity index (χ1n) is 7.11. The van der Waals surface area contributed by atoms with Gasteiger partial charge < -0.3 is 4.74 Å². The number of hydrogen-bond acceptors (Lipinski definition) is 5. The Morgan fingerprint density at radius 2 is 2.00 bits per heavy atom. The van der Waals surface area contributed by atoms with E-state index in [0.717, 1.165) is 16.7 Å². The summed E-state index contributed by atoms with van der Waals surface area (Å²) in [5, 5.41) is -0.524. The molecule has 1 fully saturated rings. The van der Waals surface area contributed by atoms with Gasteiger partial charge in [-0.3, -0.25) is 19.3 Å². The van der Waals surface area contributed by atoms with Gasteiger partial charge in [-0.15, -0.1) is 0 Å². The molecule has 0 bridgehead atoms. The summed E-state index contributed by atoms with van der Waals surface area (Å²) >= 11 is 0.744. The summed E-state index contributed by atoms with van der Waals surface area (Å²) in [6, 6.07) is 5.53. The van der Waals surface area contributed by atoms with Gasteiger partial charge in [0.2, 0.25) is 0 Å². The van der Waals surface area contributed by atoms with Crippen molar-refractivity contribution < 1.29 is 23.5 Å². The van der Waals surface area contributed by atoms with Gasteiger partial charge in [0.15, 0.2) is 0 Å². The molecule has 1 aliphatic rings. The smallest absolute Gasteiger partial charge is 0.326 e. The molecule has 0 saturated carbocycles. The van der Waals surface area contributed by atoms with Crippen molar-refractivity contribution in [3.63, 3.8) is 0 Å². The second-order valence-electron chi connectivity index (χ2n) is 5.03. The van der Waals surface area contributed by atoms with E-state index in [4.69, 9.17) is 4.74 Å². The third kappa shape index (κ3) is 4.41. The van der Waals surface area contributed by atoms with Gasteiger partial charge in [-0.05, 0) is 48.9 Å². The third-order valence-corrected chi connectivity index (χ3v) is 4.14. The van der Waals surface area contributed by atoms with Crippen molar-refractivity contribution in [2.24, 2.45) is 0 Å². The van der Waals surface area contributed by atoms with Gasteiger partial charge in [-0.2, -0.15) is 0 Å².